The van der Waals surface area contributed by atoms with Crippen molar-refractivity contribution in [1.82, 2.24) is 5.32 Å². The second-order valence-electron chi connectivity index (χ2n) is 4.44. The number of hydrogen-bond donors (Lipinski definition) is 2. The molecule has 0 unspecified atom stereocenters. The van der Waals surface area contributed by atoms with E-state index in [-0.39, 0.29) is 24.3 Å². The molecule has 1 rings (SSSR count). The standard InChI is InChI=1S/C14H17F2NO3/c15-11-6-4-5-10(14(11)16)9-12(18)17-8-3-1-2-7-13(19)20/h4-6H,1-3,7-9H2,(H,17,18)(H,19,20). The maximum Gasteiger partial charge on any atom is 0.303 e. The molecule has 0 saturated carbocycles. The van der Waals surface area contributed by atoms with Crippen molar-refractivity contribution in [1.29, 1.82) is 0 Å². The van der Waals surface area contributed by atoms with Crippen LogP contribution in [0.1, 0.15) is 31.2 Å². The molecule has 0 spiro atoms. The molecule has 0 bridgehead atoms. The summed E-state index contributed by atoms with van der Waals surface area (Å²) in [6.45, 7) is 0.398. The number of carboxylic acids is 1. The first kappa shape index (κ1) is 16.1. The molecule has 0 aliphatic carbocycles. The maximum atomic E-state index is 13.3. The predicted molar refractivity (Wildman–Crippen MR) is 69.2 cm³/mol. The third kappa shape index (κ3) is 5.77. The first-order chi connectivity index (χ1) is 9.50. The molecule has 0 aromatic heterocycles. The molecule has 0 radical (unpaired) electrons. The van der Waals surface area contributed by atoms with Gasteiger partial charge in [0.2, 0.25) is 5.91 Å². The third-order valence-corrected chi connectivity index (χ3v) is 2.77. The molecular formula is C14H17F2NO3. The van der Waals surface area contributed by atoms with Gasteiger partial charge in [-0.05, 0) is 18.9 Å². The molecule has 0 fully saturated rings. The van der Waals surface area contributed by atoms with E-state index in [4.69, 9.17) is 5.11 Å². The van der Waals surface area contributed by atoms with E-state index in [1.165, 1.54) is 12.1 Å². The summed E-state index contributed by atoms with van der Waals surface area (Å²) in [7, 11) is 0. The molecule has 4 nitrogen and oxygen atoms in total. The van der Waals surface area contributed by atoms with Gasteiger partial charge in [-0.3, -0.25) is 9.59 Å². The van der Waals surface area contributed by atoms with Gasteiger partial charge in [-0.15, -0.1) is 0 Å². The minimum Gasteiger partial charge on any atom is -0.481 e. The second-order valence-corrected chi connectivity index (χ2v) is 4.44. The van der Waals surface area contributed by atoms with Crippen molar-refractivity contribution in [3.63, 3.8) is 0 Å². The fraction of sp³-hybridized carbons (Fsp3) is 0.429. The van der Waals surface area contributed by atoms with Gasteiger partial charge in [0.05, 0.1) is 6.42 Å². The van der Waals surface area contributed by atoms with Crippen LogP contribution < -0.4 is 5.32 Å². The lowest BCUT2D eigenvalue weighted by molar-refractivity contribution is -0.137. The summed E-state index contributed by atoms with van der Waals surface area (Å²) < 4.78 is 26.2. The van der Waals surface area contributed by atoms with Crippen molar-refractivity contribution in [2.24, 2.45) is 0 Å². The van der Waals surface area contributed by atoms with E-state index in [1.807, 2.05) is 0 Å². The van der Waals surface area contributed by atoms with E-state index < -0.39 is 17.6 Å². The molecule has 0 heterocycles. The molecule has 1 amide bonds. The van der Waals surface area contributed by atoms with Crippen LogP contribution in [-0.4, -0.2) is 23.5 Å². The van der Waals surface area contributed by atoms with Gasteiger partial charge in [-0.1, -0.05) is 18.6 Å². The molecule has 6 heteroatoms. The van der Waals surface area contributed by atoms with E-state index in [1.54, 1.807) is 0 Å². The first-order valence-electron chi connectivity index (χ1n) is 6.42. The molecule has 1 aromatic carbocycles. The molecular weight excluding hydrogens is 268 g/mol. The predicted octanol–water partition coefficient (Wildman–Crippen LogP) is 2.27. The SMILES string of the molecule is O=C(O)CCCCCNC(=O)Cc1cccc(F)c1F. The lowest BCUT2D eigenvalue weighted by Crippen LogP contribution is -2.26. The largest absolute Gasteiger partial charge is 0.481 e. The smallest absolute Gasteiger partial charge is 0.303 e. The fourth-order valence-electron chi connectivity index (χ4n) is 1.73. The molecule has 2 N–H and O–H groups in total. The van der Waals surface area contributed by atoms with E-state index in [0.717, 1.165) is 6.07 Å². The number of hydrogen-bond acceptors (Lipinski definition) is 2. The highest BCUT2D eigenvalue weighted by atomic mass is 19.2. The number of rotatable bonds is 8. The Labute approximate surface area is 115 Å². The minimum atomic E-state index is -0.996. The average Bonchev–Trinajstić information content (AvgIpc) is 2.39. The van der Waals surface area contributed by atoms with Crippen LogP contribution in [0.5, 0.6) is 0 Å². The van der Waals surface area contributed by atoms with Crippen molar-refractivity contribution >= 4 is 11.9 Å². The maximum absolute atomic E-state index is 13.3. The quantitative estimate of drug-likeness (QED) is 0.720. The summed E-state index contributed by atoms with van der Waals surface area (Å²) in [4.78, 5) is 21.8. The zero-order valence-corrected chi connectivity index (χ0v) is 11.0. The van der Waals surface area contributed by atoms with Crippen molar-refractivity contribution in [3.05, 3.63) is 35.4 Å². The number of carbonyl (C=O) groups is 2. The van der Waals surface area contributed by atoms with Gasteiger partial charge < -0.3 is 10.4 Å². The van der Waals surface area contributed by atoms with E-state index in [0.29, 0.717) is 25.8 Å². The molecule has 0 aliphatic heterocycles. The Kier molecular flexibility index (Phi) is 6.63. The number of unbranched alkanes of at least 4 members (excludes halogenated alkanes) is 2. The van der Waals surface area contributed by atoms with Gasteiger partial charge >= 0.3 is 5.97 Å². The van der Waals surface area contributed by atoms with Gasteiger partial charge in [0.1, 0.15) is 0 Å². The van der Waals surface area contributed by atoms with Crippen molar-refractivity contribution in [2.45, 2.75) is 32.1 Å². The molecule has 0 saturated heterocycles. The van der Waals surface area contributed by atoms with E-state index in [9.17, 15) is 18.4 Å². The molecule has 110 valence electrons. The van der Waals surface area contributed by atoms with Gasteiger partial charge in [0.15, 0.2) is 11.6 Å². The Hall–Kier alpha value is -1.98. The highest BCUT2D eigenvalue weighted by Crippen LogP contribution is 2.11. The number of amides is 1. The fourth-order valence-corrected chi connectivity index (χ4v) is 1.73. The number of carbonyl (C=O) groups excluding carboxylic acids is 1. The number of carboxylic acid groups (broad SMARTS) is 1. The summed E-state index contributed by atoms with van der Waals surface area (Å²) in [6.07, 6.45) is 1.82. The summed E-state index contributed by atoms with van der Waals surface area (Å²) >= 11 is 0. The normalized spacial score (nSPS) is 10.3. The van der Waals surface area contributed by atoms with Crippen molar-refractivity contribution < 1.29 is 23.5 Å². The van der Waals surface area contributed by atoms with Crippen LogP contribution in [0, 0.1) is 11.6 Å². The van der Waals surface area contributed by atoms with Gasteiger partial charge in [0.25, 0.3) is 0 Å². The number of benzene rings is 1. The third-order valence-electron chi connectivity index (χ3n) is 2.77. The zero-order chi connectivity index (χ0) is 15.0. The number of halogens is 2. The topological polar surface area (TPSA) is 66.4 Å². The van der Waals surface area contributed by atoms with Crippen molar-refractivity contribution in [3.8, 4) is 0 Å². The molecule has 0 atom stereocenters. The van der Waals surface area contributed by atoms with Gasteiger partial charge in [0, 0.05) is 18.5 Å². The Morgan fingerprint density at radius 3 is 2.60 bits per heavy atom. The lowest BCUT2D eigenvalue weighted by atomic mass is 10.1. The number of aliphatic carboxylic acids is 1. The number of nitrogens with one attached hydrogen (secondary N) is 1. The van der Waals surface area contributed by atoms with Crippen LogP contribution in [0.25, 0.3) is 0 Å². The second kappa shape index (κ2) is 8.24. The van der Waals surface area contributed by atoms with E-state index >= 15 is 0 Å². The van der Waals surface area contributed by atoms with Crippen LogP contribution >= 0.6 is 0 Å². The van der Waals surface area contributed by atoms with Gasteiger partial charge in [-0.25, -0.2) is 8.78 Å². The van der Waals surface area contributed by atoms with Crippen LogP contribution in [0.3, 0.4) is 0 Å². The zero-order valence-electron chi connectivity index (χ0n) is 11.0. The summed E-state index contributed by atoms with van der Waals surface area (Å²) in [5.41, 5.74) is 0.0216. The van der Waals surface area contributed by atoms with Crippen LogP contribution in [0.15, 0.2) is 18.2 Å². The highest BCUT2D eigenvalue weighted by molar-refractivity contribution is 5.78. The summed E-state index contributed by atoms with van der Waals surface area (Å²) in [6, 6.07) is 3.72. The average molecular weight is 285 g/mol. The van der Waals surface area contributed by atoms with Crippen LogP contribution in [0.2, 0.25) is 0 Å². The van der Waals surface area contributed by atoms with Crippen LogP contribution in [-0.2, 0) is 16.0 Å². The summed E-state index contributed by atoms with van der Waals surface area (Å²) in [5.74, 6) is -3.18. The van der Waals surface area contributed by atoms with Gasteiger partial charge in [-0.2, -0.15) is 0 Å². The van der Waals surface area contributed by atoms with E-state index in [2.05, 4.69) is 5.32 Å². The Morgan fingerprint density at radius 1 is 1.15 bits per heavy atom. The lowest BCUT2D eigenvalue weighted by Gasteiger charge is -2.06. The molecule has 20 heavy (non-hydrogen) atoms. The molecule has 0 aliphatic rings. The minimum absolute atomic E-state index is 0.0216. The highest BCUT2D eigenvalue weighted by Gasteiger charge is 2.11. The summed E-state index contributed by atoms with van der Waals surface area (Å²) in [5, 5.41) is 11.0. The van der Waals surface area contributed by atoms with Crippen LogP contribution in [0.4, 0.5) is 8.78 Å². The first-order valence-corrected chi connectivity index (χ1v) is 6.42. The Balaban J connectivity index is 2.24. The Morgan fingerprint density at radius 2 is 1.90 bits per heavy atom. The Bertz CT molecular complexity index is 477. The van der Waals surface area contributed by atoms with Crippen molar-refractivity contribution in [2.75, 3.05) is 6.54 Å². The molecule has 1 aromatic rings. The monoisotopic (exact) mass is 285 g/mol.